The molecular weight excluding hydrogens is 379 g/mol. The largest absolute Gasteiger partial charge is 0.467 e. The molecule has 1 N–H and O–H groups in total. The lowest BCUT2D eigenvalue weighted by molar-refractivity contribution is -0.0172. The third-order valence-electron chi connectivity index (χ3n) is 5.04. The Labute approximate surface area is 168 Å². The van der Waals surface area contributed by atoms with Crippen LogP contribution < -0.4 is 15.0 Å². The van der Waals surface area contributed by atoms with E-state index in [0.29, 0.717) is 19.6 Å². The fourth-order valence-corrected chi connectivity index (χ4v) is 4.46. The van der Waals surface area contributed by atoms with Crippen LogP contribution in [0.2, 0.25) is 0 Å². The summed E-state index contributed by atoms with van der Waals surface area (Å²) < 4.78 is 24.7. The van der Waals surface area contributed by atoms with E-state index in [2.05, 4.69) is 37.6 Å². The molecule has 2 aliphatic heterocycles. The van der Waals surface area contributed by atoms with Gasteiger partial charge in [-0.05, 0) is 41.6 Å². The second kappa shape index (κ2) is 8.79. The third-order valence-corrected chi connectivity index (χ3v) is 5.97. The van der Waals surface area contributed by atoms with Crippen LogP contribution in [-0.4, -0.2) is 57.4 Å². The molecule has 1 aromatic heterocycles. The number of benzene rings is 1. The summed E-state index contributed by atoms with van der Waals surface area (Å²) >= 11 is 1.78. The summed E-state index contributed by atoms with van der Waals surface area (Å²) in [5, 5.41) is 6.85. The van der Waals surface area contributed by atoms with Crippen LogP contribution in [0.3, 0.4) is 0 Å². The zero-order chi connectivity index (χ0) is 19.3. The Morgan fingerprint density at radius 1 is 1.29 bits per heavy atom. The van der Waals surface area contributed by atoms with Gasteiger partial charge in [0.15, 0.2) is 12.8 Å². The zero-order valence-corrected chi connectivity index (χ0v) is 16.8. The SMILES string of the molecule is CN=C(NCCc1cc(F)cc2c1OCOC2)N1CCN(c2cccs2)CC1. The molecule has 0 radical (unpaired) electrons. The lowest BCUT2D eigenvalue weighted by Crippen LogP contribution is -2.52. The van der Waals surface area contributed by atoms with Crippen LogP contribution in [0, 0.1) is 5.82 Å². The molecule has 8 heteroatoms. The molecule has 2 aromatic rings. The van der Waals surface area contributed by atoms with E-state index in [4.69, 9.17) is 9.47 Å². The number of ether oxygens (including phenoxy) is 2. The molecule has 28 heavy (non-hydrogen) atoms. The summed E-state index contributed by atoms with van der Waals surface area (Å²) in [7, 11) is 1.80. The second-order valence-electron chi connectivity index (χ2n) is 6.81. The van der Waals surface area contributed by atoms with Crippen LogP contribution in [-0.2, 0) is 17.8 Å². The summed E-state index contributed by atoms with van der Waals surface area (Å²) in [6.07, 6.45) is 0.661. The molecule has 0 unspecified atom stereocenters. The summed E-state index contributed by atoms with van der Waals surface area (Å²) in [4.78, 5) is 9.11. The van der Waals surface area contributed by atoms with Crippen LogP contribution in [0.4, 0.5) is 9.39 Å². The van der Waals surface area contributed by atoms with Gasteiger partial charge in [0.1, 0.15) is 11.6 Å². The number of nitrogens with zero attached hydrogens (tertiary/aromatic N) is 3. The minimum atomic E-state index is -0.253. The van der Waals surface area contributed by atoms with Crippen LogP contribution in [0.1, 0.15) is 11.1 Å². The molecule has 2 aliphatic rings. The summed E-state index contributed by atoms with van der Waals surface area (Å²) in [6, 6.07) is 7.29. The maximum atomic E-state index is 13.9. The van der Waals surface area contributed by atoms with Gasteiger partial charge in [-0.3, -0.25) is 4.99 Å². The first kappa shape index (κ1) is 19.0. The molecule has 0 bridgehead atoms. The highest BCUT2D eigenvalue weighted by Gasteiger charge is 2.21. The average molecular weight is 405 g/mol. The standard InChI is InChI=1S/C20H25FN4O2S/c1-22-20(25-8-6-24(7-9-25)18-3-2-10-28-18)23-5-4-15-11-17(21)12-16-13-26-14-27-19(15)16/h2-3,10-12H,4-9,13-14H2,1H3,(H,22,23). The number of rotatable bonds is 4. The number of anilines is 1. The predicted octanol–water partition coefficient (Wildman–Crippen LogP) is 2.69. The van der Waals surface area contributed by atoms with Gasteiger partial charge in [0, 0.05) is 45.3 Å². The fraction of sp³-hybridized carbons (Fsp3) is 0.450. The van der Waals surface area contributed by atoms with Gasteiger partial charge in [0.05, 0.1) is 11.6 Å². The van der Waals surface area contributed by atoms with Gasteiger partial charge < -0.3 is 24.6 Å². The second-order valence-corrected chi connectivity index (χ2v) is 7.74. The molecule has 3 heterocycles. The minimum Gasteiger partial charge on any atom is -0.467 e. The molecule has 0 amide bonds. The van der Waals surface area contributed by atoms with Gasteiger partial charge in [-0.1, -0.05) is 0 Å². The number of hydrogen-bond donors (Lipinski definition) is 1. The summed E-state index contributed by atoms with van der Waals surface area (Å²) in [6.45, 7) is 5.08. The van der Waals surface area contributed by atoms with E-state index >= 15 is 0 Å². The van der Waals surface area contributed by atoms with Gasteiger partial charge >= 0.3 is 0 Å². The molecule has 0 saturated carbocycles. The van der Waals surface area contributed by atoms with Crippen molar-refractivity contribution >= 4 is 22.3 Å². The topological polar surface area (TPSA) is 49.3 Å². The molecule has 1 aromatic carbocycles. The monoisotopic (exact) mass is 404 g/mol. The van der Waals surface area contributed by atoms with Crippen LogP contribution >= 0.6 is 11.3 Å². The first-order valence-electron chi connectivity index (χ1n) is 9.50. The number of aliphatic imine (C=N–C) groups is 1. The Hall–Kier alpha value is -2.32. The van der Waals surface area contributed by atoms with Gasteiger partial charge in [0.2, 0.25) is 0 Å². The Morgan fingerprint density at radius 3 is 2.89 bits per heavy atom. The van der Waals surface area contributed by atoms with E-state index in [1.54, 1.807) is 24.5 Å². The van der Waals surface area contributed by atoms with E-state index in [9.17, 15) is 4.39 Å². The molecule has 0 aliphatic carbocycles. The highest BCUT2D eigenvalue weighted by Crippen LogP contribution is 2.29. The molecule has 0 spiro atoms. The summed E-state index contributed by atoms with van der Waals surface area (Å²) in [5.74, 6) is 1.39. The van der Waals surface area contributed by atoms with Crippen molar-refractivity contribution in [3.05, 3.63) is 46.6 Å². The van der Waals surface area contributed by atoms with Crippen LogP contribution in [0.5, 0.6) is 5.75 Å². The van der Waals surface area contributed by atoms with Crippen LogP contribution in [0.25, 0.3) is 0 Å². The van der Waals surface area contributed by atoms with Crippen molar-refractivity contribution in [1.29, 1.82) is 0 Å². The van der Waals surface area contributed by atoms with Crippen molar-refractivity contribution in [3.8, 4) is 5.75 Å². The van der Waals surface area contributed by atoms with Gasteiger partial charge in [-0.2, -0.15) is 0 Å². The lowest BCUT2D eigenvalue weighted by atomic mass is 10.1. The zero-order valence-electron chi connectivity index (χ0n) is 16.0. The van der Waals surface area contributed by atoms with Crippen LogP contribution in [0.15, 0.2) is 34.6 Å². The van der Waals surface area contributed by atoms with Gasteiger partial charge in [0.25, 0.3) is 0 Å². The number of halogens is 1. The Bertz CT molecular complexity index is 820. The van der Waals surface area contributed by atoms with Crippen molar-refractivity contribution in [3.63, 3.8) is 0 Å². The molecule has 0 atom stereocenters. The van der Waals surface area contributed by atoms with Crippen molar-refractivity contribution in [1.82, 2.24) is 10.2 Å². The van der Waals surface area contributed by atoms with E-state index < -0.39 is 0 Å². The number of nitrogens with one attached hydrogen (secondary N) is 1. The smallest absolute Gasteiger partial charge is 0.193 e. The fourth-order valence-electron chi connectivity index (χ4n) is 3.67. The Kier molecular flexibility index (Phi) is 5.97. The van der Waals surface area contributed by atoms with Gasteiger partial charge in [-0.25, -0.2) is 4.39 Å². The van der Waals surface area contributed by atoms with E-state index in [0.717, 1.165) is 49.0 Å². The number of thiophene rings is 1. The lowest BCUT2D eigenvalue weighted by Gasteiger charge is -2.37. The average Bonchev–Trinajstić information content (AvgIpc) is 3.26. The maximum absolute atomic E-state index is 13.9. The number of guanidine groups is 1. The number of hydrogen-bond acceptors (Lipinski definition) is 5. The number of piperazine rings is 1. The maximum Gasteiger partial charge on any atom is 0.193 e. The van der Waals surface area contributed by atoms with Crippen molar-refractivity contribution in [2.75, 3.05) is 51.5 Å². The molecule has 6 nitrogen and oxygen atoms in total. The predicted molar refractivity (Wildman–Crippen MR) is 110 cm³/mol. The first-order valence-corrected chi connectivity index (χ1v) is 10.4. The highest BCUT2D eigenvalue weighted by molar-refractivity contribution is 7.14. The minimum absolute atomic E-state index is 0.218. The molecule has 1 fully saturated rings. The van der Waals surface area contributed by atoms with Gasteiger partial charge in [-0.15, -0.1) is 11.3 Å². The molecular formula is C20H25FN4O2S. The van der Waals surface area contributed by atoms with E-state index in [1.807, 2.05) is 0 Å². The van der Waals surface area contributed by atoms with E-state index in [-0.39, 0.29) is 12.6 Å². The Morgan fingerprint density at radius 2 is 2.14 bits per heavy atom. The summed E-state index contributed by atoms with van der Waals surface area (Å²) in [5.41, 5.74) is 1.64. The Balaban J connectivity index is 1.32. The first-order chi connectivity index (χ1) is 13.7. The molecule has 1 saturated heterocycles. The molecule has 4 rings (SSSR count). The highest BCUT2D eigenvalue weighted by atomic mass is 32.1. The third kappa shape index (κ3) is 4.23. The van der Waals surface area contributed by atoms with Crippen molar-refractivity contribution < 1.29 is 13.9 Å². The van der Waals surface area contributed by atoms with Crippen molar-refractivity contribution in [2.45, 2.75) is 13.0 Å². The molecule has 150 valence electrons. The quantitative estimate of drug-likeness (QED) is 0.627. The number of fused-ring (bicyclic) bond motifs is 1. The van der Waals surface area contributed by atoms with E-state index in [1.165, 1.54) is 11.1 Å². The van der Waals surface area contributed by atoms with Crippen molar-refractivity contribution in [2.24, 2.45) is 4.99 Å². The normalized spacial score (nSPS) is 17.3.